The van der Waals surface area contributed by atoms with Gasteiger partial charge in [-0.15, -0.1) is 0 Å². The first-order valence-corrected chi connectivity index (χ1v) is 11.5. The molecule has 4 atom stereocenters. The average Bonchev–Trinajstić information content (AvgIpc) is 3.03. The van der Waals surface area contributed by atoms with E-state index in [2.05, 4.69) is 13.8 Å². The molecule has 32 heavy (non-hydrogen) atoms. The molecule has 0 N–H and O–H groups in total. The highest BCUT2D eigenvalue weighted by molar-refractivity contribution is 5.83. The third-order valence-corrected chi connectivity index (χ3v) is 7.02. The topological polar surface area (TPSA) is 54.0 Å². The number of rotatable bonds is 8. The summed E-state index contributed by atoms with van der Waals surface area (Å²) in [6.45, 7) is 8.13. The summed E-state index contributed by atoms with van der Waals surface area (Å²) in [4.78, 5) is 13.0. The third kappa shape index (κ3) is 4.81. The van der Waals surface area contributed by atoms with E-state index < -0.39 is 11.2 Å². The van der Waals surface area contributed by atoms with Crippen molar-refractivity contribution < 1.29 is 23.7 Å². The van der Waals surface area contributed by atoms with Crippen molar-refractivity contribution in [2.24, 2.45) is 11.3 Å². The molecule has 5 heteroatoms. The monoisotopic (exact) mass is 438 g/mol. The molecule has 0 amide bonds. The first-order chi connectivity index (χ1) is 15.4. The van der Waals surface area contributed by atoms with Gasteiger partial charge in [0.15, 0.2) is 5.79 Å². The first kappa shape index (κ1) is 23.1. The summed E-state index contributed by atoms with van der Waals surface area (Å²) in [6.07, 6.45) is 0.516. The van der Waals surface area contributed by atoms with Gasteiger partial charge in [0, 0.05) is 17.9 Å². The van der Waals surface area contributed by atoms with Crippen LogP contribution in [0, 0.1) is 11.3 Å². The minimum absolute atomic E-state index is 0.154. The molecule has 0 saturated carbocycles. The van der Waals surface area contributed by atoms with E-state index in [-0.39, 0.29) is 30.3 Å². The fourth-order valence-corrected chi connectivity index (χ4v) is 4.60. The minimum atomic E-state index is -0.956. The van der Waals surface area contributed by atoms with Crippen LogP contribution in [0.2, 0.25) is 0 Å². The standard InChI is InChI=1S/C27H34O5/c1-20-23(28)16-27(32-24(20)14-15-29-17-21-10-6-4-7-11-21)26(2,3)25(19-31-27)30-18-22-12-8-5-9-13-22/h4-13,20,24-25H,14-19H2,1-3H3/t20-,24-,25+,27+/m1/s1. The van der Waals surface area contributed by atoms with E-state index in [4.69, 9.17) is 18.9 Å². The predicted octanol–water partition coefficient (Wildman–Crippen LogP) is 4.93. The number of ketones is 1. The van der Waals surface area contributed by atoms with Gasteiger partial charge in [0.2, 0.25) is 0 Å². The summed E-state index contributed by atoms with van der Waals surface area (Å²) < 4.78 is 24.9. The Labute approximate surface area is 191 Å². The fraction of sp³-hybridized carbons (Fsp3) is 0.519. The molecule has 1 spiro atoms. The van der Waals surface area contributed by atoms with Gasteiger partial charge in [-0.3, -0.25) is 4.79 Å². The number of Topliss-reactive ketones (excluding diaryl/α,β-unsaturated/α-hetero) is 1. The van der Waals surface area contributed by atoms with Gasteiger partial charge in [0.1, 0.15) is 5.78 Å². The largest absolute Gasteiger partial charge is 0.377 e. The molecule has 0 aliphatic carbocycles. The molecular weight excluding hydrogens is 404 g/mol. The second-order valence-electron chi connectivity index (χ2n) is 9.49. The smallest absolute Gasteiger partial charge is 0.183 e. The lowest BCUT2D eigenvalue weighted by atomic mass is 9.74. The highest BCUT2D eigenvalue weighted by atomic mass is 16.7. The van der Waals surface area contributed by atoms with Crippen LogP contribution in [0.25, 0.3) is 0 Å². The zero-order valence-corrected chi connectivity index (χ0v) is 19.3. The zero-order chi connectivity index (χ0) is 22.6. The van der Waals surface area contributed by atoms with Crippen LogP contribution in [0.5, 0.6) is 0 Å². The van der Waals surface area contributed by atoms with Crippen molar-refractivity contribution in [2.75, 3.05) is 13.2 Å². The van der Waals surface area contributed by atoms with Crippen LogP contribution in [-0.4, -0.2) is 37.0 Å². The quantitative estimate of drug-likeness (QED) is 0.547. The molecule has 2 aromatic carbocycles. The van der Waals surface area contributed by atoms with Crippen LogP contribution in [0.4, 0.5) is 0 Å². The molecule has 2 aromatic rings. The van der Waals surface area contributed by atoms with Crippen molar-refractivity contribution in [2.45, 2.75) is 64.8 Å². The van der Waals surface area contributed by atoms with Gasteiger partial charge in [-0.2, -0.15) is 0 Å². The molecular formula is C27H34O5. The maximum Gasteiger partial charge on any atom is 0.183 e. The molecule has 172 valence electrons. The van der Waals surface area contributed by atoms with Gasteiger partial charge in [-0.25, -0.2) is 0 Å². The molecule has 5 nitrogen and oxygen atoms in total. The zero-order valence-electron chi connectivity index (χ0n) is 19.3. The summed E-state index contributed by atoms with van der Waals surface area (Å²) >= 11 is 0. The Kier molecular flexibility index (Phi) is 7.11. The van der Waals surface area contributed by atoms with E-state index >= 15 is 0 Å². The van der Waals surface area contributed by atoms with Gasteiger partial charge in [0.25, 0.3) is 0 Å². The van der Waals surface area contributed by atoms with Crippen LogP contribution in [0.3, 0.4) is 0 Å². The Morgan fingerprint density at radius 2 is 1.59 bits per heavy atom. The lowest BCUT2D eigenvalue weighted by Gasteiger charge is -2.47. The number of benzene rings is 2. The van der Waals surface area contributed by atoms with Crippen molar-refractivity contribution in [3.05, 3.63) is 71.8 Å². The Morgan fingerprint density at radius 1 is 0.969 bits per heavy atom. The lowest BCUT2D eigenvalue weighted by molar-refractivity contribution is -0.297. The van der Waals surface area contributed by atoms with E-state index in [1.807, 2.05) is 67.6 Å². The van der Waals surface area contributed by atoms with E-state index in [1.54, 1.807) is 0 Å². The first-order valence-electron chi connectivity index (χ1n) is 11.5. The number of carbonyl (C=O) groups excluding carboxylic acids is 1. The number of hydrogen-bond acceptors (Lipinski definition) is 5. The van der Waals surface area contributed by atoms with Gasteiger partial charge in [0.05, 0.1) is 38.4 Å². The van der Waals surface area contributed by atoms with Crippen molar-refractivity contribution in [1.29, 1.82) is 0 Å². The molecule has 2 aliphatic rings. The van der Waals surface area contributed by atoms with Crippen LogP contribution in [0.15, 0.2) is 60.7 Å². The van der Waals surface area contributed by atoms with Crippen molar-refractivity contribution in [3.8, 4) is 0 Å². The molecule has 0 radical (unpaired) electrons. The normalized spacial score (nSPS) is 29.5. The summed E-state index contributed by atoms with van der Waals surface area (Å²) in [5, 5.41) is 0. The van der Waals surface area contributed by atoms with Gasteiger partial charge < -0.3 is 18.9 Å². The number of carbonyl (C=O) groups is 1. The Bertz CT molecular complexity index is 881. The summed E-state index contributed by atoms with van der Waals surface area (Å²) in [6, 6.07) is 20.2. The molecule has 2 fully saturated rings. The van der Waals surface area contributed by atoms with Crippen LogP contribution < -0.4 is 0 Å². The highest BCUT2D eigenvalue weighted by Crippen LogP contribution is 2.51. The Hall–Kier alpha value is -2.05. The molecule has 4 rings (SSSR count). The Morgan fingerprint density at radius 3 is 2.25 bits per heavy atom. The molecule has 2 saturated heterocycles. The molecule has 2 heterocycles. The van der Waals surface area contributed by atoms with E-state index in [9.17, 15) is 4.79 Å². The summed E-state index contributed by atoms with van der Waals surface area (Å²) in [7, 11) is 0. The second-order valence-corrected chi connectivity index (χ2v) is 9.49. The van der Waals surface area contributed by atoms with Crippen LogP contribution in [0.1, 0.15) is 44.7 Å². The lowest BCUT2D eigenvalue weighted by Crippen LogP contribution is -2.57. The maximum absolute atomic E-state index is 13.0. The van der Waals surface area contributed by atoms with Gasteiger partial charge >= 0.3 is 0 Å². The van der Waals surface area contributed by atoms with Crippen LogP contribution >= 0.6 is 0 Å². The summed E-state index contributed by atoms with van der Waals surface area (Å²) in [5.74, 6) is -0.951. The minimum Gasteiger partial charge on any atom is -0.377 e. The van der Waals surface area contributed by atoms with Crippen LogP contribution in [-0.2, 0) is 37.0 Å². The second kappa shape index (κ2) is 9.84. The predicted molar refractivity (Wildman–Crippen MR) is 122 cm³/mol. The van der Waals surface area contributed by atoms with Crippen molar-refractivity contribution in [1.82, 2.24) is 0 Å². The fourth-order valence-electron chi connectivity index (χ4n) is 4.60. The maximum atomic E-state index is 13.0. The molecule has 2 aliphatic heterocycles. The molecule has 0 bridgehead atoms. The number of ether oxygens (including phenoxy) is 4. The van der Waals surface area contributed by atoms with Crippen molar-refractivity contribution in [3.63, 3.8) is 0 Å². The van der Waals surface area contributed by atoms with E-state index in [0.717, 1.165) is 11.1 Å². The Balaban J connectivity index is 1.36. The van der Waals surface area contributed by atoms with Crippen molar-refractivity contribution >= 4 is 5.78 Å². The SMILES string of the molecule is C[C@@H]1C(=O)C[C@]2(OC[C@H](OCc3ccccc3)C2(C)C)O[C@@H]1CCOCc1ccccc1. The van der Waals surface area contributed by atoms with E-state index in [1.165, 1.54) is 0 Å². The number of hydrogen-bond donors (Lipinski definition) is 0. The third-order valence-electron chi connectivity index (χ3n) is 7.02. The van der Waals surface area contributed by atoms with E-state index in [0.29, 0.717) is 32.8 Å². The summed E-state index contributed by atoms with van der Waals surface area (Å²) in [5.41, 5.74) is 1.80. The highest BCUT2D eigenvalue weighted by Gasteiger charge is 2.62. The average molecular weight is 439 g/mol. The van der Waals surface area contributed by atoms with Gasteiger partial charge in [-0.05, 0) is 17.5 Å². The molecule has 0 unspecified atom stereocenters. The van der Waals surface area contributed by atoms with Gasteiger partial charge in [-0.1, -0.05) is 81.4 Å². The molecule has 0 aromatic heterocycles.